The highest BCUT2D eigenvalue weighted by Crippen LogP contribution is 2.35. The summed E-state index contributed by atoms with van der Waals surface area (Å²) in [6.07, 6.45) is -0.274. The molecule has 7 nitrogen and oxygen atoms in total. The zero-order valence-corrected chi connectivity index (χ0v) is 14.1. The van der Waals surface area contributed by atoms with Crippen LogP contribution in [0.4, 0.5) is 0 Å². The Bertz CT molecular complexity index is 397. The monoisotopic (exact) mass is 353 g/mol. The summed E-state index contributed by atoms with van der Waals surface area (Å²) in [5.41, 5.74) is -0.229. The van der Waals surface area contributed by atoms with Crippen molar-refractivity contribution in [2.45, 2.75) is 48.7 Å². The van der Waals surface area contributed by atoms with E-state index < -0.39 is 24.4 Å². The van der Waals surface area contributed by atoms with Crippen molar-refractivity contribution >= 4 is 29.3 Å². The van der Waals surface area contributed by atoms with Crippen molar-refractivity contribution in [1.29, 1.82) is 0 Å². The van der Waals surface area contributed by atoms with Crippen LogP contribution in [0.15, 0.2) is 4.99 Å². The van der Waals surface area contributed by atoms with Gasteiger partial charge in [-0.25, -0.2) is 0 Å². The third kappa shape index (κ3) is 3.87. The molecule has 0 aromatic rings. The number of aliphatic hydroxyl groups is 2. The number of nitrogens with zero attached hydrogens (tertiary/aromatic N) is 1. The summed E-state index contributed by atoms with van der Waals surface area (Å²) in [4.78, 5) is 4.34. The quantitative estimate of drug-likeness (QED) is 0.533. The molecule has 0 aromatic carbocycles. The van der Waals surface area contributed by atoms with E-state index in [9.17, 15) is 10.2 Å². The Hall–Kier alpha value is -0.0900. The first-order valence-electron chi connectivity index (χ1n) is 7.44. The first kappa shape index (κ1) is 18.3. The Labute approximate surface area is 140 Å². The zero-order valence-electron chi connectivity index (χ0n) is 12.5. The van der Waals surface area contributed by atoms with Gasteiger partial charge in [-0.1, -0.05) is 11.8 Å². The molecule has 4 N–H and O–H groups in total. The summed E-state index contributed by atoms with van der Waals surface area (Å²) < 4.78 is 11.2. The molecular formula is C13H24ClN3O4S. The number of hydrogen-bond acceptors (Lipinski definition) is 8. The van der Waals surface area contributed by atoms with Gasteiger partial charge in [0.15, 0.2) is 5.17 Å². The van der Waals surface area contributed by atoms with Crippen molar-refractivity contribution in [1.82, 2.24) is 10.6 Å². The predicted octanol–water partition coefficient (Wildman–Crippen LogP) is -0.686. The zero-order chi connectivity index (χ0) is 14.8. The van der Waals surface area contributed by atoms with E-state index in [1.165, 1.54) is 11.8 Å². The highest BCUT2D eigenvalue weighted by Gasteiger charge is 2.47. The maximum atomic E-state index is 10.2. The number of aliphatic imine (C=N–C) groups is 1. The number of aliphatic hydroxyl groups excluding tert-OH is 2. The average Bonchev–Trinajstić information content (AvgIpc) is 2.94. The Kier molecular flexibility index (Phi) is 6.75. The summed E-state index contributed by atoms with van der Waals surface area (Å²) in [5.74, 6) is 0. The van der Waals surface area contributed by atoms with Crippen molar-refractivity contribution in [2.75, 3.05) is 26.8 Å². The number of halogens is 1. The lowest BCUT2D eigenvalue weighted by Crippen LogP contribution is -2.58. The van der Waals surface area contributed by atoms with E-state index in [4.69, 9.17) is 9.47 Å². The molecule has 0 bridgehead atoms. The second-order valence-corrected chi connectivity index (χ2v) is 6.70. The molecule has 0 aromatic heterocycles. The van der Waals surface area contributed by atoms with Crippen molar-refractivity contribution in [3.8, 4) is 0 Å². The normalized spacial score (nSPS) is 38.9. The third-order valence-electron chi connectivity index (χ3n) is 4.21. The Morgan fingerprint density at radius 1 is 1.27 bits per heavy atom. The lowest BCUT2D eigenvalue weighted by molar-refractivity contribution is -0.151. The van der Waals surface area contributed by atoms with E-state index >= 15 is 0 Å². The fraction of sp³-hybridized carbons (Fsp3) is 0.923. The number of hydrogen-bond donors (Lipinski definition) is 4. The smallest absolute Gasteiger partial charge is 0.159 e. The number of ether oxygens (including phenoxy) is 2. The summed E-state index contributed by atoms with van der Waals surface area (Å²) in [7, 11) is 1.79. The number of rotatable bonds is 3. The van der Waals surface area contributed by atoms with Gasteiger partial charge in [0.25, 0.3) is 0 Å². The molecule has 2 fully saturated rings. The molecule has 3 aliphatic heterocycles. The first-order valence-corrected chi connectivity index (χ1v) is 8.32. The minimum Gasteiger partial charge on any atom is -0.388 e. The van der Waals surface area contributed by atoms with Crippen LogP contribution in [0.3, 0.4) is 0 Å². The molecule has 2 saturated heterocycles. The van der Waals surface area contributed by atoms with E-state index in [2.05, 4.69) is 15.6 Å². The molecule has 0 amide bonds. The van der Waals surface area contributed by atoms with Gasteiger partial charge in [0, 0.05) is 32.8 Å². The van der Waals surface area contributed by atoms with Crippen molar-refractivity contribution in [2.24, 2.45) is 4.99 Å². The summed E-state index contributed by atoms with van der Waals surface area (Å²) in [6.45, 7) is 2.07. The molecule has 5 atom stereocenters. The Morgan fingerprint density at radius 3 is 2.68 bits per heavy atom. The second-order valence-electron chi connectivity index (χ2n) is 5.61. The first-order chi connectivity index (χ1) is 10.2. The SMILES string of the molecule is CNC1=N[C@@H]2[C@@H](O)[C@H](O)[C@@H](CNC3CCOCC3)O[C@@H]2S1.Cl. The molecule has 0 unspecified atom stereocenters. The van der Waals surface area contributed by atoms with E-state index in [1.54, 1.807) is 7.05 Å². The van der Waals surface area contributed by atoms with Gasteiger partial charge in [-0.05, 0) is 12.8 Å². The van der Waals surface area contributed by atoms with Gasteiger partial charge in [-0.2, -0.15) is 0 Å². The fourth-order valence-corrected chi connectivity index (χ4v) is 3.98. The van der Waals surface area contributed by atoms with Gasteiger partial charge >= 0.3 is 0 Å². The second kappa shape index (κ2) is 8.14. The topological polar surface area (TPSA) is 95.3 Å². The van der Waals surface area contributed by atoms with Crippen molar-refractivity contribution < 1.29 is 19.7 Å². The van der Waals surface area contributed by atoms with Gasteiger partial charge in [0.2, 0.25) is 0 Å². The number of nitrogens with one attached hydrogen (secondary N) is 2. The van der Waals surface area contributed by atoms with Crippen LogP contribution >= 0.6 is 24.2 Å². The molecule has 3 aliphatic rings. The van der Waals surface area contributed by atoms with Crippen LogP contribution in [0.25, 0.3) is 0 Å². The van der Waals surface area contributed by atoms with E-state index in [0.717, 1.165) is 31.2 Å². The molecule has 22 heavy (non-hydrogen) atoms. The molecule has 0 radical (unpaired) electrons. The predicted molar refractivity (Wildman–Crippen MR) is 87.6 cm³/mol. The Balaban J connectivity index is 0.00000176. The van der Waals surface area contributed by atoms with Crippen LogP contribution in [0.5, 0.6) is 0 Å². The van der Waals surface area contributed by atoms with Crippen molar-refractivity contribution in [3.63, 3.8) is 0 Å². The molecule has 3 heterocycles. The third-order valence-corrected chi connectivity index (χ3v) is 5.36. The molecule has 3 rings (SSSR count). The number of amidine groups is 1. The summed E-state index contributed by atoms with van der Waals surface area (Å²) in [5, 5.41) is 27.6. The number of thioether (sulfide) groups is 1. The van der Waals surface area contributed by atoms with Crippen molar-refractivity contribution in [3.05, 3.63) is 0 Å². The van der Waals surface area contributed by atoms with Crippen LogP contribution in [-0.2, 0) is 9.47 Å². The molecule has 0 spiro atoms. The standard InChI is InChI=1S/C13H23N3O4S.ClH/c1-14-13-16-9-11(18)10(17)8(20-12(9)21-13)6-15-7-2-4-19-5-3-7;/h7-12,15,17-18H,2-6H2,1H3,(H,14,16);1H/t8-,9-,10-,11-,12-;/m1./s1. The van der Waals surface area contributed by atoms with Crippen LogP contribution in [0, 0.1) is 0 Å². The van der Waals surface area contributed by atoms with E-state index in [1.807, 2.05) is 0 Å². The van der Waals surface area contributed by atoms with Gasteiger partial charge in [-0.15, -0.1) is 12.4 Å². The van der Waals surface area contributed by atoms with Gasteiger partial charge < -0.3 is 30.3 Å². The van der Waals surface area contributed by atoms with E-state index in [-0.39, 0.29) is 17.8 Å². The Morgan fingerprint density at radius 2 is 2.00 bits per heavy atom. The minimum absolute atomic E-state index is 0. The fourth-order valence-electron chi connectivity index (χ4n) is 2.90. The molecule has 0 aliphatic carbocycles. The van der Waals surface area contributed by atoms with Crippen LogP contribution in [-0.4, -0.2) is 78.0 Å². The summed E-state index contributed by atoms with van der Waals surface area (Å²) in [6, 6.07) is -0.00320. The molecule has 0 saturated carbocycles. The lowest BCUT2D eigenvalue weighted by atomic mass is 9.97. The van der Waals surface area contributed by atoms with Crippen LogP contribution in [0.1, 0.15) is 12.8 Å². The largest absolute Gasteiger partial charge is 0.388 e. The lowest BCUT2D eigenvalue weighted by Gasteiger charge is -2.39. The molecule has 9 heteroatoms. The highest BCUT2D eigenvalue weighted by atomic mass is 35.5. The van der Waals surface area contributed by atoms with Gasteiger partial charge in [0.05, 0.1) is 0 Å². The van der Waals surface area contributed by atoms with Gasteiger partial charge in [-0.3, -0.25) is 4.99 Å². The average molecular weight is 354 g/mol. The van der Waals surface area contributed by atoms with E-state index in [0.29, 0.717) is 12.6 Å². The molecular weight excluding hydrogens is 330 g/mol. The molecule has 128 valence electrons. The number of fused-ring (bicyclic) bond motifs is 1. The van der Waals surface area contributed by atoms with Crippen LogP contribution < -0.4 is 10.6 Å². The highest BCUT2D eigenvalue weighted by molar-refractivity contribution is 8.14. The van der Waals surface area contributed by atoms with Crippen LogP contribution in [0.2, 0.25) is 0 Å². The maximum Gasteiger partial charge on any atom is 0.159 e. The summed E-state index contributed by atoms with van der Waals surface area (Å²) >= 11 is 1.46. The minimum atomic E-state index is -0.917. The maximum absolute atomic E-state index is 10.2. The van der Waals surface area contributed by atoms with Gasteiger partial charge in [0.1, 0.15) is 29.8 Å².